The van der Waals surface area contributed by atoms with Gasteiger partial charge in [0.2, 0.25) is 0 Å². The second kappa shape index (κ2) is 5.72. The lowest BCUT2D eigenvalue weighted by Gasteiger charge is -2.18. The molecule has 0 aliphatic carbocycles. The molecule has 0 amide bonds. The van der Waals surface area contributed by atoms with Crippen LogP contribution in [0.3, 0.4) is 0 Å². The van der Waals surface area contributed by atoms with Gasteiger partial charge in [-0.2, -0.15) is 0 Å². The minimum Gasteiger partial charge on any atom is -0.496 e. The minimum atomic E-state index is 0.513. The molecule has 90 valence electrons. The van der Waals surface area contributed by atoms with Crippen molar-refractivity contribution in [3.8, 4) is 11.5 Å². The van der Waals surface area contributed by atoms with Gasteiger partial charge >= 0.3 is 0 Å². The number of hydrogen-bond donors (Lipinski definition) is 1. The van der Waals surface area contributed by atoms with Crippen LogP contribution < -0.4 is 15.2 Å². The van der Waals surface area contributed by atoms with Crippen LogP contribution in [0.4, 0.5) is 0 Å². The first kappa shape index (κ1) is 12.8. The summed E-state index contributed by atoms with van der Waals surface area (Å²) in [5.41, 5.74) is 7.72. The zero-order valence-corrected chi connectivity index (χ0v) is 10.4. The molecule has 0 aromatic heterocycles. The molecule has 16 heavy (non-hydrogen) atoms. The van der Waals surface area contributed by atoms with E-state index >= 15 is 0 Å². The lowest BCUT2D eigenvalue weighted by Crippen LogP contribution is -2.25. The third-order valence-corrected chi connectivity index (χ3v) is 2.55. The average Bonchev–Trinajstić information content (AvgIpc) is 2.30. The molecule has 1 aromatic carbocycles. The second-order valence-electron chi connectivity index (χ2n) is 3.83. The van der Waals surface area contributed by atoms with Crippen molar-refractivity contribution in [3.05, 3.63) is 23.3 Å². The molecule has 0 saturated carbocycles. The second-order valence-corrected chi connectivity index (χ2v) is 3.83. The van der Waals surface area contributed by atoms with Crippen LogP contribution >= 0.6 is 0 Å². The molecule has 0 bridgehead atoms. The van der Waals surface area contributed by atoms with E-state index in [1.807, 2.05) is 31.0 Å². The summed E-state index contributed by atoms with van der Waals surface area (Å²) in [6.45, 7) is 3.26. The van der Waals surface area contributed by atoms with E-state index in [9.17, 15) is 0 Å². The van der Waals surface area contributed by atoms with Gasteiger partial charge in [-0.15, -0.1) is 0 Å². The summed E-state index contributed by atoms with van der Waals surface area (Å²) >= 11 is 0. The number of aryl methyl sites for hydroxylation is 1. The van der Waals surface area contributed by atoms with Crippen LogP contribution in [0.2, 0.25) is 0 Å². The minimum absolute atomic E-state index is 0.513. The summed E-state index contributed by atoms with van der Waals surface area (Å²) in [6, 6.07) is 3.98. The molecule has 2 N–H and O–H groups in total. The standard InChI is InChI=1S/C12H20N2O2/c1-9-5-12(16-4)10(6-11(9)15-3)7-14(2)8-13/h5-6H,7-8,13H2,1-4H3. The zero-order valence-electron chi connectivity index (χ0n) is 10.4. The maximum Gasteiger partial charge on any atom is 0.123 e. The Kier molecular flexibility index (Phi) is 4.58. The first-order valence-electron chi connectivity index (χ1n) is 5.22. The topological polar surface area (TPSA) is 47.7 Å². The Morgan fingerprint density at radius 3 is 2.31 bits per heavy atom. The predicted octanol–water partition coefficient (Wildman–Crippen LogP) is 1.36. The van der Waals surface area contributed by atoms with Gasteiger partial charge in [0, 0.05) is 18.8 Å². The van der Waals surface area contributed by atoms with Crippen molar-refractivity contribution in [2.24, 2.45) is 5.73 Å². The van der Waals surface area contributed by atoms with Crippen LogP contribution in [-0.2, 0) is 6.54 Å². The van der Waals surface area contributed by atoms with Gasteiger partial charge in [-0.1, -0.05) is 0 Å². The summed E-state index contributed by atoms with van der Waals surface area (Å²) in [5, 5.41) is 0. The average molecular weight is 224 g/mol. The molecular formula is C12H20N2O2. The Morgan fingerprint density at radius 1 is 1.19 bits per heavy atom. The van der Waals surface area contributed by atoms with Gasteiger partial charge in [0.1, 0.15) is 11.5 Å². The zero-order chi connectivity index (χ0) is 12.1. The van der Waals surface area contributed by atoms with E-state index < -0.39 is 0 Å². The largest absolute Gasteiger partial charge is 0.496 e. The maximum absolute atomic E-state index is 5.57. The quantitative estimate of drug-likeness (QED) is 0.767. The molecule has 0 saturated heterocycles. The summed E-state index contributed by atoms with van der Waals surface area (Å²) < 4.78 is 10.6. The lowest BCUT2D eigenvalue weighted by atomic mass is 10.1. The van der Waals surface area contributed by atoms with Crippen molar-refractivity contribution in [3.63, 3.8) is 0 Å². The first-order chi connectivity index (χ1) is 7.62. The van der Waals surface area contributed by atoms with Crippen LogP contribution in [-0.4, -0.2) is 32.8 Å². The Hall–Kier alpha value is -1.26. The SMILES string of the molecule is COc1cc(CN(C)CN)c(OC)cc1C. The fourth-order valence-corrected chi connectivity index (χ4v) is 1.59. The molecule has 0 aliphatic rings. The Labute approximate surface area is 96.9 Å². The van der Waals surface area contributed by atoms with E-state index in [0.717, 1.165) is 29.2 Å². The number of methoxy groups -OCH3 is 2. The van der Waals surface area contributed by atoms with Gasteiger partial charge in [-0.3, -0.25) is 4.90 Å². The molecule has 4 nitrogen and oxygen atoms in total. The highest BCUT2D eigenvalue weighted by atomic mass is 16.5. The smallest absolute Gasteiger partial charge is 0.123 e. The van der Waals surface area contributed by atoms with Crippen LogP contribution in [0.5, 0.6) is 11.5 Å². The molecule has 0 spiro atoms. The Balaban J connectivity index is 3.04. The third kappa shape index (κ3) is 2.87. The van der Waals surface area contributed by atoms with Crippen molar-refractivity contribution in [2.75, 3.05) is 27.9 Å². The van der Waals surface area contributed by atoms with Crippen LogP contribution in [0.25, 0.3) is 0 Å². The van der Waals surface area contributed by atoms with Gasteiger partial charge in [-0.05, 0) is 31.7 Å². The Bertz CT molecular complexity index is 353. The van der Waals surface area contributed by atoms with Gasteiger partial charge < -0.3 is 15.2 Å². The number of ether oxygens (including phenoxy) is 2. The van der Waals surface area contributed by atoms with Crippen LogP contribution in [0.1, 0.15) is 11.1 Å². The summed E-state index contributed by atoms with van der Waals surface area (Å²) in [6.07, 6.45) is 0. The first-order valence-corrected chi connectivity index (χ1v) is 5.22. The number of rotatable bonds is 5. The highest BCUT2D eigenvalue weighted by Crippen LogP contribution is 2.28. The molecule has 0 radical (unpaired) electrons. The van der Waals surface area contributed by atoms with Crippen molar-refractivity contribution >= 4 is 0 Å². The van der Waals surface area contributed by atoms with Gasteiger partial charge in [0.25, 0.3) is 0 Å². The number of hydrogen-bond acceptors (Lipinski definition) is 4. The lowest BCUT2D eigenvalue weighted by molar-refractivity contribution is 0.324. The molecule has 0 unspecified atom stereocenters. The predicted molar refractivity (Wildman–Crippen MR) is 64.8 cm³/mol. The Morgan fingerprint density at radius 2 is 1.81 bits per heavy atom. The van der Waals surface area contributed by atoms with E-state index in [0.29, 0.717) is 6.67 Å². The number of nitrogens with zero attached hydrogens (tertiary/aromatic N) is 1. The normalized spacial score (nSPS) is 10.6. The van der Waals surface area contributed by atoms with E-state index in [1.165, 1.54) is 0 Å². The molecule has 4 heteroatoms. The molecule has 0 atom stereocenters. The monoisotopic (exact) mass is 224 g/mol. The molecule has 0 fully saturated rings. The summed E-state index contributed by atoms with van der Waals surface area (Å²) in [5.74, 6) is 1.75. The highest BCUT2D eigenvalue weighted by molar-refractivity contribution is 5.45. The number of benzene rings is 1. The maximum atomic E-state index is 5.57. The highest BCUT2D eigenvalue weighted by Gasteiger charge is 2.09. The van der Waals surface area contributed by atoms with E-state index in [4.69, 9.17) is 15.2 Å². The van der Waals surface area contributed by atoms with E-state index in [2.05, 4.69) is 0 Å². The van der Waals surface area contributed by atoms with Gasteiger partial charge in [0.05, 0.1) is 14.2 Å². The van der Waals surface area contributed by atoms with Crippen LogP contribution in [0.15, 0.2) is 12.1 Å². The molecule has 0 heterocycles. The van der Waals surface area contributed by atoms with E-state index in [1.54, 1.807) is 14.2 Å². The summed E-state index contributed by atoms with van der Waals surface area (Å²) in [7, 11) is 5.31. The third-order valence-electron chi connectivity index (χ3n) is 2.55. The molecule has 1 rings (SSSR count). The summed E-state index contributed by atoms with van der Waals surface area (Å²) in [4.78, 5) is 2.01. The van der Waals surface area contributed by atoms with Gasteiger partial charge in [0.15, 0.2) is 0 Å². The fraction of sp³-hybridized carbons (Fsp3) is 0.500. The van der Waals surface area contributed by atoms with Crippen molar-refractivity contribution in [1.29, 1.82) is 0 Å². The van der Waals surface area contributed by atoms with Crippen molar-refractivity contribution < 1.29 is 9.47 Å². The van der Waals surface area contributed by atoms with Crippen molar-refractivity contribution in [1.82, 2.24) is 4.90 Å². The molecule has 1 aromatic rings. The number of nitrogens with two attached hydrogens (primary N) is 1. The van der Waals surface area contributed by atoms with Crippen molar-refractivity contribution in [2.45, 2.75) is 13.5 Å². The van der Waals surface area contributed by atoms with Crippen LogP contribution in [0, 0.1) is 6.92 Å². The fourth-order valence-electron chi connectivity index (χ4n) is 1.59. The molecule has 0 aliphatic heterocycles. The van der Waals surface area contributed by atoms with Gasteiger partial charge in [-0.25, -0.2) is 0 Å². The molecular weight excluding hydrogens is 204 g/mol. The van der Waals surface area contributed by atoms with E-state index in [-0.39, 0.29) is 0 Å².